The van der Waals surface area contributed by atoms with E-state index in [9.17, 15) is 9.59 Å². The van der Waals surface area contributed by atoms with E-state index in [4.69, 9.17) is 14.2 Å². The van der Waals surface area contributed by atoms with E-state index in [1.54, 1.807) is 6.92 Å². The van der Waals surface area contributed by atoms with E-state index in [0.717, 1.165) is 66.3 Å². The maximum Gasteiger partial charge on any atom is 0.340 e. The second kappa shape index (κ2) is 14.7. The number of hydrogen-bond acceptors (Lipinski definition) is 6. The van der Waals surface area contributed by atoms with Gasteiger partial charge in [-0.3, -0.25) is 0 Å². The molecule has 0 amide bonds. The Morgan fingerprint density at radius 1 is 0.935 bits per heavy atom. The van der Waals surface area contributed by atoms with Gasteiger partial charge in [0.05, 0.1) is 5.56 Å². The van der Waals surface area contributed by atoms with Gasteiger partial charge in [0, 0.05) is 78.2 Å². The summed E-state index contributed by atoms with van der Waals surface area (Å²) in [4.78, 5) is 28.0. The molecular formula is C39H46N2O5. The lowest BCUT2D eigenvalue weighted by Gasteiger charge is -2.33. The number of esters is 2. The monoisotopic (exact) mass is 622 g/mol. The summed E-state index contributed by atoms with van der Waals surface area (Å²) in [7, 11) is 0. The van der Waals surface area contributed by atoms with Gasteiger partial charge in [-0.2, -0.15) is 0 Å². The highest BCUT2D eigenvalue weighted by molar-refractivity contribution is 5.98. The summed E-state index contributed by atoms with van der Waals surface area (Å²) in [6.45, 7) is 14.1. The van der Waals surface area contributed by atoms with Crippen molar-refractivity contribution in [3.63, 3.8) is 0 Å². The quantitative estimate of drug-likeness (QED) is 0.0539. The lowest BCUT2D eigenvalue weighted by atomic mass is 9.79. The van der Waals surface area contributed by atoms with Gasteiger partial charge >= 0.3 is 11.9 Å². The highest BCUT2D eigenvalue weighted by Crippen LogP contribution is 2.52. The van der Waals surface area contributed by atoms with Crippen molar-refractivity contribution in [2.24, 2.45) is 0 Å². The fourth-order valence-electron chi connectivity index (χ4n) is 6.64. The number of fused-ring (bicyclic) bond motifs is 2. The van der Waals surface area contributed by atoms with E-state index in [0.29, 0.717) is 16.9 Å². The number of benzene rings is 3. The Labute approximate surface area is 272 Å². The van der Waals surface area contributed by atoms with Crippen molar-refractivity contribution in [3.8, 4) is 5.75 Å². The number of ether oxygens (including phenoxy) is 3. The van der Waals surface area contributed by atoms with Crippen molar-refractivity contribution in [2.75, 3.05) is 18.0 Å². The molecule has 0 saturated heterocycles. The average Bonchev–Trinajstić information content (AvgIpc) is 3.59. The first kappa shape index (κ1) is 32.9. The third-order valence-corrected chi connectivity index (χ3v) is 8.91. The van der Waals surface area contributed by atoms with Gasteiger partial charge in [-0.25, -0.2) is 9.59 Å². The Kier molecular flexibility index (Phi) is 10.5. The molecule has 0 bridgehead atoms. The second-order valence-corrected chi connectivity index (χ2v) is 11.8. The smallest absolute Gasteiger partial charge is 0.340 e. The third-order valence-electron chi connectivity index (χ3n) is 8.91. The topological polar surface area (TPSA) is 70.0 Å². The van der Waals surface area contributed by atoms with Crippen molar-refractivity contribution in [2.45, 2.75) is 84.7 Å². The van der Waals surface area contributed by atoms with Crippen LogP contribution in [0.1, 0.15) is 93.3 Å². The molecule has 46 heavy (non-hydrogen) atoms. The van der Waals surface area contributed by atoms with Crippen LogP contribution in [0.15, 0.2) is 85.6 Å². The molecule has 4 aromatic rings. The van der Waals surface area contributed by atoms with Gasteiger partial charge in [-0.1, -0.05) is 82.0 Å². The largest absolute Gasteiger partial charge is 0.455 e. The zero-order chi connectivity index (χ0) is 32.7. The molecule has 1 aliphatic rings. The van der Waals surface area contributed by atoms with Crippen molar-refractivity contribution in [1.82, 2.24) is 4.57 Å². The van der Waals surface area contributed by atoms with E-state index < -0.39 is 23.8 Å². The van der Waals surface area contributed by atoms with Gasteiger partial charge in [0.2, 0.25) is 6.29 Å². The third kappa shape index (κ3) is 6.41. The highest BCUT2D eigenvalue weighted by atomic mass is 16.7. The first-order valence-electron chi connectivity index (χ1n) is 16.7. The maximum absolute atomic E-state index is 13.7. The van der Waals surface area contributed by atoms with Crippen molar-refractivity contribution in [3.05, 3.63) is 108 Å². The molecule has 1 aromatic heterocycles. The van der Waals surface area contributed by atoms with E-state index in [1.165, 1.54) is 25.7 Å². The van der Waals surface area contributed by atoms with Gasteiger partial charge in [-0.05, 0) is 44.5 Å². The number of hydrogen-bond donors (Lipinski definition) is 0. The van der Waals surface area contributed by atoms with Crippen LogP contribution < -0.4 is 9.64 Å². The molecule has 0 saturated carbocycles. The molecule has 0 N–H and O–H groups in total. The van der Waals surface area contributed by atoms with Gasteiger partial charge < -0.3 is 23.7 Å². The summed E-state index contributed by atoms with van der Waals surface area (Å²) in [5.41, 5.74) is 3.51. The standard InChI is InChI=1S/C39H46N2O5/c1-6-10-11-12-13-18-25-41-27-34(30-19-15-17-22-35(30)41)39(32-21-16-14-20-31(32)38(43)46-39)33-24-23-29(40(8-3)9-4)26-36(33)44-28(5)45-37(42)7-2/h7,14-17,19-24,26-28H,2,6,8-13,18,25H2,1,3-5H3. The van der Waals surface area contributed by atoms with Crippen LogP contribution in [0.2, 0.25) is 0 Å². The fraction of sp³-hybridized carbons (Fsp3) is 0.385. The number of carbonyl (C=O) groups excluding carboxylic acids is 2. The second-order valence-electron chi connectivity index (χ2n) is 11.8. The van der Waals surface area contributed by atoms with E-state index in [2.05, 4.69) is 55.1 Å². The van der Waals surface area contributed by atoms with E-state index in [-0.39, 0.29) is 0 Å². The molecule has 0 radical (unpaired) electrons. The number of unbranched alkanes of at least 4 members (excludes halogenated alkanes) is 5. The van der Waals surface area contributed by atoms with E-state index in [1.807, 2.05) is 54.6 Å². The van der Waals surface area contributed by atoms with Gasteiger partial charge in [0.1, 0.15) is 5.75 Å². The Morgan fingerprint density at radius 3 is 2.41 bits per heavy atom. The van der Waals surface area contributed by atoms with Crippen LogP contribution in [-0.2, 0) is 26.4 Å². The highest BCUT2D eigenvalue weighted by Gasteiger charge is 2.51. The molecule has 7 nitrogen and oxygen atoms in total. The number of carbonyl (C=O) groups is 2. The van der Waals surface area contributed by atoms with Crippen LogP contribution in [0.3, 0.4) is 0 Å². The Bertz CT molecular complexity index is 1690. The Morgan fingerprint density at radius 2 is 1.65 bits per heavy atom. The first-order chi connectivity index (χ1) is 22.4. The molecule has 1 aliphatic heterocycles. The van der Waals surface area contributed by atoms with Crippen LogP contribution in [0.5, 0.6) is 5.75 Å². The normalized spacial score (nSPS) is 16.1. The summed E-state index contributed by atoms with van der Waals surface area (Å²) in [6, 6.07) is 21.8. The average molecular weight is 623 g/mol. The zero-order valence-electron chi connectivity index (χ0n) is 27.6. The molecule has 0 aliphatic carbocycles. The predicted octanol–water partition coefficient (Wildman–Crippen LogP) is 8.76. The lowest BCUT2D eigenvalue weighted by molar-refractivity contribution is -0.155. The molecule has 2 atom stereocenters. The zero-order valence-corrected chi connectivity index (χ0v) is 27.6. The molecular weight excluding hydrogens is 576 g/mol. The van der Waals surface area contributed by atoms with Crippen molar-refractivity contribution >= 4 is 28.5 Å². The van der Waals surface area contributed by atoms with Crippen LogP contribution in [0.4, 0.5) is 5.69 Å². The lowest BCUT2D eigenvalue weighted by Crippen LogP contribution is -2.31. The molecule has 242 valence electrons. The summed E-state index contributed by atoms with van der Waals surface area (Å²) < 4.78 is 20.8. The summed E-state index contributed by atoms with van der Waals surface area (Å²) in [5.74, 6) is -0.515. The van der Waals surface area contributed by atoms with Crippen molar-refractivity contribution in [1.29, 1.82) is 0 Å². The molecule has 7 heteroatoms. The number of aryl methyl sites for hydroxylation is 1. The minimum Gasteiger partial charge on any atom is -0.455 e. The number of para-hydroxylation sites is 1. The minimum absolute atomic E-state index is 0.395. The van der Waals surface area contributed by atoms with Crippen LogP contribution in [0, 0.1) is 0 Å². The number of aromatic nitrogens is 1. The number of anilines is 1. The van der Waals surface area contributed by atoms with Crippen LogP contribution in [-0.4, -0.2) is 35.9 Å². The van der Waals surface area contributed by atoms with Gasteiger partial charge in [0.15, 0.2) is 5.60 Å². The molecule has 2 unspecified atom stereocenters. The molecule has 0 spiro atoms. The van der Waals surface area contributed by atoms with Gasteiger partial charge in [-0.15, -0.1) is 0 Å². The molecule has 3 aromatic carbocycles. The summed E-state index contributed by atoms with van der Waals surface area (Å²) in [6.07, 6.45) is 9.55. The fourth-order valence-corrected chi connectivity index (χ4v) is 6.64. The Balaban J connectivity index is 1.70. The molecule has 5 rings (SSSR count). The number of rotatable bonds is 16. The minimum atomic E-state index is -1.31. The number of nitrogens with zero attached hydrogens (tertiary/aromatic N) is 2. The molecule has 2 heterocycles. The molecule has 0 fully saturated rings. The van der Waals surface area contributed by atoms with Gasteiger partial charge in [0.25, 0.3) is 0 Å². The first-order valence-corrected chi connectivity index (χ1v) is 16.7. The van der Waals surface area contributed by atoms with Crippen LogP contribution >= 0.6 is 0 Å². The van der Waals surface area contributed by atoms with Crippen LogP contribution in [0.25, 0.3) is 10.9 Å². The SMILES string of the molecule is C=CC(=O)OC(C)Oc1cc(N(CC)CC)ccc1C1(c2cn(CCCCCCCC)c3ccccc23)OC(=O)c2ccccc21. The summed E-state index contributed by atoms with van der Waals surface area (Å²) in [5, 5.41) is 1.00. The predicted molar refractivity (Wildman–Crippen MR) is 183 cm³/mol. The maximum atomic E-state index is 13.7. The summed E-state index contributed by atoms with van der Waals surface area (Å²) >= 11 is 0. The van der Waals surface area contributed by atoms with E-state index >= 15 is 0 Å². The Hall–Kier alpha value is -4.52. The van der Waals surface area contributed by atoms with Crippen molar-refractivity contribution < 1.29 is 23.8 Å². The number of cyclic esters (lactones) is 1.